The molecule has 0 fully saturated rings. The van der Waals surface area contributed by atoms with Crippen molar-refractivity contribution in [3.05, 3.63) is 29.3 Å². The maximum atomic E-state index is 10.9. The molecule has 1 heterocycles. The predicted octanol–water partition coefficient (Wildman–Crippen LogP) is 1.29. The molecule has 0 radical (unpaired) electrons. The Labute approximate surface area is 88.7 Å². The van der Waals surface area contributed by atoms with Gasteiger partial charge in [-0.15, -0.1) is 0 Å². The van der Waals surface area contributed by atoms with E-state index in [0.29, 0.717) is 13.0 Å². The minimum absolute atomic E-state index is 0.0487. The van der Waals surface area contributed by atoms with Gasteiger partial charge in [-0.2, -0.15) is 0 Å². The van der Waals surface area contributed by atoms with Crippen LogP contribution >= 0.6 is 0 Å². The van der Waals surface area contributed by atoms with E-state index in [9.17, 15) is 4.79 Å². The molecule has 1 aliphatic rings. The average Bonchev–Trinajstić information content (AvgIpc) is 2.28. The standard InChI is InChI=1S/C12H14O3/c13-5-3-9-1-2-12-11(7-9)10(8-14)4-6-15-12/h1-2,7-8,10,13H,3-6H2. The van der Waals surface area contributed by atoms with Crippen LogP contribution in [-0.2, 0) is 11.2 Å². The van der Waals surface area contributed by atoms with Gasteiger partial charge in [-0.05, 0) is 24.5 Å². The molecule has 0 saturated heterocycles. The zero-order valence-corrected chi connectivity index (χ0v) is 8.48. The first-order chi connectivity index (χ1) is 7.35. The number of aldehydes is 1. The van der Waals surface area contributed by atoms with Gasteiger partial charge in [0.15, 0.2) is 0 Å². The molecule has 1 aromatic rings. The summed E-state index contributed by atoms with van der Waals surface area (Å²) in [5, 5.41) is 8.85. The van der Waals surface area contributed by atoms with E-state index in [1.54, 1.807) is 0 Å². The number of hydrogen-bond acceptors (Lipinski definition) is 3. The number of hydrogen-bond donors (Lipinski definition) is 1. The number of aliphatic hydroxyl groups excluding tert-OH is 1. The molecule has 3 heteroatoms. The van der Waals surface area contributed by atoms with E-state index in [4.69, 9.17) is 9.84 Å². The Balaban J connectivity index is 2.34. The summed E-state index contributed by atoms with van der Waals surface area (Å²) in [6.45, 7) is 0.737. The molecule has 0 bridgehead atoms. The maximum Gasteiger partial charge on any atom is 0.127 e. The number of rotatable bonds is 3. The van der Waals surface area contributed by atoms with Gasteiger partial charge in [-0.25, -0.2) is 0 Å². The third-order valence-corrected chi connectivity index (χ3v) is 2.72. The Hall–Kier alpha value is -1.35. The van der Waals surface area contributed by atoms with Crippen LogP contribution in [0, 0.1) is 0 Å². The molecule has 0 saturated carbocycles. The van der Waals surface area contributed by atoms with Gasteiger partial charge in [0, 0.05) is 18.1 Å². The highest BCUT2D eigenvalue weighted by atomic mass is 16.5. The van der Waals surface area contributed by atoms with Gasteiger partial charge in [-0.3, -0.25) is 0 Å². The van der Waals surface area contributed by atoms with Crippen LogP contribution < -0.4 is 4.74 Å². The molecule has 1 unspecified atom stereocenters. The SMILES string of the molecule is O=CC1CCOc2ccc(CCO)cc21. The highest BCUT2D eigenvalue weighted by molar-refractivity contribution is 5.65. The molecule has 2 rings (SSSR count). The Morgan fingerprint density at radius 3 is 3.13 bits per heavy atom. The molecule has 0 aliphatic carbocycles. The van der Waals surface area contributed by atoms with Gasteiger partial charge in [0.25, 0.3) is 0 Å². The fourth-order valence-corrected chi connectivity index (χ4v) is 1.90. The zero-order chi connectivity index (χ0) is 10.7. The lowest BCUT2D eigenvalue weighted by Crippen LogP contribution is -2.15. The highest BCUT2D eigenvalue weighted by Gasteiger charge is 2.20. The number of ether oxygens (including phenoxy) is 1. The van der Waals surface area contributed by atoms with Gasteiger partial charge in [0.05, 0.1) is 6.61 Å². The summed E-state index contributed by atoms with van der Waals surface area (Å²) in [5.74, 6) is 0.757. The van der Waals surface area contributed by atoms with Gasteiger partial charge in [0.1, 0.15) is 12.0 Å². The Morgan fingerprint density at radius 2 is 2.40 bits per heavy atom. The molecular weight excluding hydrogens is 192 g/mol. The van der Waals surface area contributed by atoms with E-state index in [-0.39, 0.29) is 12.5 Å². The van der Waals surface area contributed by atoms with Crippen molar-refractivity contribution in [2.45, 2.75) is 18.8 Å². The molecule has 1 aliphatic heterocycles. The summed E-state index contributed by atoms with van der Waals surface area (Å²) in [6.07, 6.45) is 2.35. The van der Waals surface area contributed by atoms with E-state index in [2.05, 4.69) is 0 Å². The average molecular weight is 206 g/mol. The quantitative estimate of drug-likeness (QED) is 0.758. The second kappa shape index (κ2) is 4.45. The van der Waals surface area contributed by atoms with Crippen molar-refractivity contribution in [2.75, 3.05) is 13.2 Å². The lowest BCUT2D eigenvalue weighted by molar-refractivity contribution is -0.109. The minimum Gasteiger partial charge on any atom is -0.493 e. The fourth-order valence-electron chi connectivity index (χ4n) is 1.90. The van der Waals surface area contributed by atoms with E-state index < -0.39 is 0 Å². The van der Waals surface area contributed by atoms with Gasteiger partial charge < -0.3 is 14.6 Å². The van der Waals surface area contributed by atoms with Crippen LogP contribution in [0.2, 0.25) is 0 Å². The van der Waals surface area contributed by atoms with E-state index >= 15 is 0 Å². The predicted molar refractivity (Wildman–Crippen MR) is 56.1 cm³/mol. The van der Waals surface area contributed by atoms with E-state index in [1.165, 1.54) is 0 Å². The molecule has 3 nitrogen and oxygen atoms in total. The lowest BCUT2D eigenvalue weighted by atomic mass is 9.92. The van der Waals surface area contributed by atoms with Crippen LogP contribution in [-0.4, -0.2) is 24.6 Å². The number of aliphatic hydroxyl groups is 1. The molecule has 1 atom stereocenters. The largest absolute Gasteiger partial charge is 0.493 e. The molecule has 0 aromatic heterocycles. The smallest absolute Gasteiger partial charge is 0.127 e. The van der Waals surface area contributed by atoms with Gasteiger partial charge in [-0.1, -0.05) is 12.1 Å². The van der Waals surface area contributed by atoms with Gasteiger partial charge in [0.2, 0.25) is 0 Å². The molecule has 0 amide bonds. The topological polar surface area (TPSA) is 46.5 Å². The van der Waals surface area contributed by atoms with Crippen molar-refractivity contribution in [3.63, 3.8) is 0 Å². The second-order valence-electron chi connectivity index (χ2n) is 3.73. The summed E-state index contributed by atoms with van der Waals surface area (Å²) < 4.78 is 5.47. The molecule has 1 aromatic carbocycles. The van der Waals surface area contributed by atoms with Crippen LogP contribution in [0.15, 0.2) is 18.2 Å². The first-order valence-electron chi connectivity index (χ1n) is 5.17. The first kappa shape index (κ1) is 10.2. The third-order valence-electron chi connectivity index (χ3n) is 2.72. The normalized spacial score (nSPS) is 19.1. The summed E-state index contributed by atoms with van der Waals surface area (Å²) in [6, 6.07) is 5.78. The van der Waals surface area contributed by atoms with E-state index in [0.717, 1.165) is 29.6 Å². The molecule has 15 heavy (non-hydrogen) atoms. The first-order valence-corrected chi connectivity index (χ1v) is 5.17. The highest BCUT2D eigenvalue weighted by Crippen LogP contribution is 2.33. The van der Waals surface area contributed by atoms with Gasteiger partial charge >= 0.3 is 0 Å². The molecule has 0 spiro atoms. The maximum absolute atomic E-state index is 10.9. The van der Waals surface area contributed by atoms with Crippen molar-refractivity contribution < 1.29 is 14.6 Å². The zero-order valence-electron chi connectivity index (χ0n) is 8.48. The Kier molecular flexibility index (Phi) is 3.02. The second-order valence-corrected chi connectivity index (χ2v) is 3.73. The molecule has 1 N–H and O–H groups in total. The fraction of sp³-hybridized carbons (Fsp3) is 0.417. The molecule has 80 valence electrons. The number of fused-ring (bicyclic) bond motifs is 1. The summed E-state index contributed by atoms with van der Waals surface area (Å²) >= 11 is 0. The summed E-state index contributed by atoms with van der Waals surface area (Å²) in [7, 11) is 0. The van der Waals surface area contributed by atoms with Crippen molar-refractivity contribution >= 4 is 6.29 Å². The van der Waals surface area contributed by atoms with Crippen LogP contribution in [0.1, 0.15) is 23.5 Å². The lowest BCUT2D eigenvalue weighted by Gasteiger charge is -2.22. The molecular formula is C12H14O3. The number of carbonyl (C=O) groups excluding carboxylic acids is 1. The Morgan fingerprint density at radius 1 is 1.53 bits per heavy atom. The van der Waals surface area contributed by atoms with Crippen LogP contribution in [0.3, 0.4) is 0 Å². The van der Waals surface area contributed by atoms with Crippen molar-refractivity contribution in [1.82, 2.24) is 0 Å². The summed E-state index contributed by atoms with van der Waals surface area (Å²) in [5.41, 5.74) is 2.01. The van der Waals surface area contributed by atoms with E-state index in [1.807, 2.05) is 18.2 Å². The Bertz CT molecular complexity index is 360. The monoisotopic (exact) mass is 206 g/mol. The minimum atomic E-state index is -0.0487. The van der Waals surface area contributed by atoms with Crippen molar-refractivity contribution in [3.8, 4) is 5.75 Å². The number of benzene rings is 1. The summed E-state index contributed by atoms with van der Waals surface area (Å²) in [4.78, 5) is 10.9. The third kappa shape index (κ3) is 2.02. The van der Waals surface area contributed by atoms with Crippen LogP contribution in [0.4, 0.5) is 0 Å². The van der Waals surface area contributed by atoms with Crippen LogP contribution in [0.5, 0.6) is 5.75 Å². The van der Waals surface area contributed by atoms with Crippen molar-refractivity contribution in [1.29, 1.82) is 0 Å². The van der Waals surface area contributed by atoms with Crippen molar-refractivity contribution in [2.24, 2.45) is 0 Å². The van der Waals surface area contributed by atoms with Crippen LogP contribution in [0.25, 0.3) is 0 Å². The number of carbonyl (C=O) groups is 1.